The van der Waals surface area contributed by atoms with Crippen LogP contribution in [-0.4, -0.2) is 55.3 Å². The van der Waals surface area contributed by atoms with Crippen LogP contribution in [0.15, 0.2) is 48.8 Å². The summed E-state index contributed by atoms with van der Waals surface area (Å²) in [7, 11) is 2.07. The second-order valence-corrected chi connectivity index (χ2v) is 6.84. The summed E-state index contributed by atoms with van der Waals surface area (Å²) in [4.78, 5) is 25.1. The molecule has 1 unspecified atom stereocenters. The zero-order valence-electron chi connectivity index (χ0n) is 15.8. The molecule has 1 atom stereocenters. The van der Waals surface area contributed by atoms with Crippen LogP contribution in [0.3, 0.4) is 0 Å². The number of para-hydroxylation sites is 1. The molecule has 1 saturated heterocycles. The molecule has 1 aliphatic rings. The van der Waals surface area contributed by atoms with Gasteiger partial charge >= 0.3 is 6.03 Å². The van der Waals surface area contributed by atoms with Crippen molar-refractivity contribution in [1.82, 2.24) is 20.6 Å². The van der Waals surface area contributed by atoms with Gasteiger partial charge in [-0.25, -0.2) is 14.8 Å². The van der Waals surface area contributed by atoms with Gasteiger partial charge in [0.1, 0.15) is 0 Å². The van der Waals surface area contributed by atoms with Gasteiger partial charge in [0, 0.05) is 57.3 Å². The van der Waals surface area contributed by atoms with Gasteiger partial charge in [0.25, 0.3) is 0 Å². The molecule has 7 heteroatoms. The van der Waals surface area contributed by atoms with E-state index in [2.05, 4.69) is 49.6 Å². The largest absolute Gasteiger partial charge is 0.375 e. The van der Waals surface area contributed by atoms with E-state index in [0.717, 1.165) is 44.8 Å². The smallest absolute Gasteiger partial charge is 0.315 e. The Labute approximate surface area is 160 Å². The number of nitrogens with one attached hydrogen (secondary N) is 2. The van der Waals surface area contributed by atoms with Crippen LogP contribution in [0.25, 0.3) is 0 Å². The lowest BCUT2D eigenvalue weighted by molar-refractivity contribution is 0.235. The molecule has 0 radical (unpaired) electrons. The summed E-state index contributed by atoms with van der Waals surface area (Å²) in [6.45, 7) is 3.22. The number of carbonyl (C=O) groups is 1. The van der Waals surface area contributed by atoms with E-state index in [1.54, 1.807) is 12.4 Å². The van der Waals surface area contributed by atoms with Crippen molar-refractivity contribution < 1.29 is 4.79 Å². The molecule has 2 N–H and O–H groups in total. The fourth-order valence-electron chi connectivity index (χ4n) is 3.30. The maximum atomic E-state index is 12.2. The Morgan fingerprint density at radius 1 is 1.22 bits per heavy atom. The first-order chi connectivity index (χ1) is 13.2. The molecule has 0 bridgehead atoms. The summed E-state index contributed by atoms with van der Waals surface area (Å²) >= 11 is 0. The van der Waals surface area contributed by atoms with Crippen molar-refractivity contribution in [1.29, 1.82) is 0 Å². The SMILES string of the molecule is CN(CCCNC(=O)NC1CCCN(c2ncccn2)C1)c1ccccc1. The van der Waals surface area contributed by atoms with Gasteiger partial charge in [-0.3, -0.25) is 0 Å². The van der Waals surface area contributed by atoms with Gasteiger partial charge in [-0.1, -0.05) is 18.2 Å². The van der Waals surface area contributed by atoms with Crippen molar-refractivity contribution in [2.75, 3.05) is 43.0 Å². The van der Waals surface area contributed by atoms with Gasteiger partial charge in [-0.2, -0.15) is 0 Å². The fourth-order valence-corrected chi connectivity index (χ4v) is 3.30. The quantitative estimate of drug-likeness (QED) is 0.734. The molecule has 0 aliphatic carbocycles. The van der Waals surface area contributed by atoms with Crippen molar-refractivity contribution in [3.63, 3.8) is 0 Å². The van der Waals surface area contributed by atoms with Crippen molar-refractivity contribution in [2.24, 2.45) is 0 Å². The lowest BCUT2D eigenvalue weighted by Gasteiger charge is -2.33. The molecule has 0 saturated carbocycles. The summed E-state index contributed by atoms with van der Waals surface area (Å²) in [5, 5.41) is 6.04. The van der Waals surface area contributed by atoms with Gasteiger partial charge < -0.3 is 20.4 Å². The molecule has 144 valence electrons. The summed E-state index contributed by atoms with van der Waals surface area (Å²) in [6, 6.07) is 12.1. The van der Waals surface area contributed by atoms with E-state index in [1.807, 2.05) is 24.3 Å². The molecular weight excluding hydrogens is 340 g/mol. The number of amides is 2. The van der Waals surface area contributed by atoms with Crippen LogP contribution in [0, 0.1) is 0 Å². The summed E-state index contributed by atoms with van der Waals surface area (Å²) in [5.41, 5.74) is 1.19. The molecule has 3 rings (SSSR count). The number of benzene rings is 1. The van der Waals surface area contributed by atoms with Crippen LogP contribution < -0.4 is 20.4 Å². The van der Waals surface area contributed by atoms with E-state index in [-0.39, 0.29) is 12.1 Å². The maximum absolute atomic E-state index is 12.2. The third kappa shape index (κ3) is 5.84. The first-order valence-electron chi connectivity index (χ1n) is 9.55. The van der Waals surface area contributed by atoms with Crippen LogP contribution in [0.1, 0.15) is 19.3 Å². The molecule has 2 aromatic rings. The monoisotopic (exact) mass is 368 g/mol. The molecule has 2 heterocycles. The van der Waals surface area contributed by atoms with Crippen molar-refractivity contribution in [2.45, 2.75) is 25.3 Å². The number of anilines is 2. The average Bonchev–Trinajstić information content (AvgIpc) is 2.72. The third-order valence-corrected chi connectivity index (χ3v) is 4.74. The third-order valence-electron chi connectivity index (χ3n) is 4.74. The van der Waals surface area contributed by atoms with Gasteiger partial charge in [0.15, 0.2) is 0 Å². The van der Waals surface area contributed by atoms with Crippen LogP contribution in [0.4, 0.5) is 16.4 Å². The number of carbonyl (C=O) groups excluding carboxylic acids is 1. The summed E-state index contributed by atoms with van der Waals surface area (Å²) < 4.78 is 0. The lowest BCUT2D eigenvalue weighted by atomic mass is 10.1. The van der Waals surface area contributed by atoms with Crippen molar-refractivity contribution in [3.8, 4) is 0 Å². The van der Waals surface area contributed by atoms with E-state index in [1.165, 1.54) is 5.69 Å². The Hall–Kier alpha value is -2.83. The molecule has 27 heavy (non-hydrogen) atoms. The van der Waals surface area contributed by atoms with Crippen LogP contribution in [0.2, 0.25) is 0 Å². The number of aromatic nitrogens is 2. The van der Waals surface area contributed by atoms with Crippen LogP contribution in [-0.2, 0) is 0 Å². The second kappa shape index (κ2) is 9.75. The van der Waals surface area contributed by atoms with Crippen molar-refractivity contribution >= 4 is 17.7 Å². The predicted octanol–water partition coefficient (Wildman–Crippen LogP) is 2.27. The number of hydrogen-bond donors (Lipinski definition) is 2. The van der Waals surface area contributed by atoms with E-state index >= 15 is 0 Å². The van der Waals surface area contributed by atoms with E-state index < -0.39 is 0 Å². The van der Waals surface area contributed by atoms with Crippen LogP contribution >= 0.6 is 0 Å². The van der Waals surface area contributed by atoms with E-state index in [9.17, 15) is 4.79 Å². The van der Waals surface area contributed by atoms with E-state index in [4.69, 9.17) is 0 Å². The number of piperidine rings is 1. The van der Waals surface area contributed by atoms with Gasteiger partial charge in [0.2, 0.25) is 5.95 Å². The molecule has 1 aromatic heterocycles. The predicted molar refractivity (Wildman–Crippen MR) is 108 cm³/mol. The highest BCUT2D eigenvalue weighted by Crippen LogP contribution is 2.15. The maximum Gasteiger partial charge on any atom is 0.315 e. The Balaban J connectivity index is 1.35. The molecule has 2 amide bonds. The molecule has 1 aromatic carbocycles. The molecular formula is C20H28N6O. The number of rotatable bonds is 7. The van der Waals surface area contributed by atoms with Gasteiger partial charge in [0.05, 0.1) is 0 Å². The molecule has 1 fully saturated rings. The normalized spacial score (nSPS) is 16.6. The number of urea groups is 1. The van der Waals surface area contributed by atoms with Gasteiger partial charge in [-0.05, 0) is 37.5 Å². The lowest BCUT2D eigenvalue weighted by Crippen LogP contribution is -2.51. The van der Waals surface area contributed by atoms with Crippen LogP contribution in [0.5, 0.6) is 0 Å². The highest BCUT2D eigenvalue weighted by atomic mass is 16.2. The minimum Gasteiger partial charge on any atom is -0.375 e. The standard InChI is InChI=1S/C20H28N6O/c1-25(18-9-3-2-4-10-18)14-7-13-23-20(27)24-17-8-5-15-26(16-17)19-21-11-6-12-22-19/h2-4,6,9-12,17H,5,7-8,13-16H2,1H3,(H2,23,24,27). The fraction of sp³-hybridized carbons (Fsp3) is 0.450. The Bertz CT molecular complexity index is 696. The van der Waals surface area contributed by atoms with Crippen molar-refractivity contribution in [3.05, 3.63) is 48.8 Å². The highest BCUT2D eigenvalue weighted by Gasteiger charge is 2.22. The first-order valence-corrected chi connectivity index (χ1v) is 9.55. The topological polar surface area (TPSA) is 73.4 Å². The second-order valence-electron chi connectivity index (χ2n) is 6.84. The number of hydrogen-bond acceptors (Lipinski definition) is 5. The zero-order chi connectivity index (χ0) is 18.9. The molecule has 0 spiro atoms. The van der Waals surface area contributed by atoms with Gasteiger partial charge in [-0.15, -0.1) is 0 Å². The number of nitrogens with zero attached hydrogens (tertiary/aromatic N) is 4. The minimum atomic E-state index is -0.0989. The Kier molecular flexibility index (Phi) is 6.84. The Morgan fingerprint density at radius 3 is 2.78 bits per heavy atom. The highest BCUT2D eigenvalue weighted by molar-refractivity contribution is 5.74. The minimum absolute atomic E-state index is 0.0989. The average molecular weight is 368 g/mol. The Morgan fingerprint density at radius 2 is 2.00 bits per heavy atom. The molecule has 1 aliphatic heterocycles. The zero-order valence-corrected chi connectivity index (χ0v) is 15.8. The first kappa shape index (κ1) is 18.9. The molecule has 7 nitrogen and oxygen atoms in total. The summed E-state index contributed by atoms with van der Waals surface area (Å²) in [6.07, 6.45) is 6.39. The summed E-state index contributed by atoms with van der Waals surface area (Å²) in [5.74, 6) is 0.730. The van der Waals surface area contributed by atoms with E-state index in [0.29, 0.717) is 6.54 Å².